The predicted molar refractivity (Wildman–Crippen MR) is 63.3 cm³/mol. The number of carbonyl (C=O) groups excluding carboxylic acids is 1. The lowest BCUT2D eigenvalue weighted by Crippen LogP contribution is -2.08. The number of ether oxygens (including phenoxy) is 1. The van der Waals surface area contributed by atoms with E-state index in [1.807, 2.05) is 0 Å². The van der Waals surface area contributed by atoms with Gasteiger partial charge in [-0.15, -0.1) is 0 Å². The molecule has 0 atom stereocenters. The highest BCUT2D eigenvalue weighted by Crippen LogP contribution is 2.40. The Bertz CT molecular complexity index is 667. The first kappa shape index (κ1) is 11.2. The van der Waals surface area contributed by atoms with Gasteiger partial charge in [-0.25, -0.2) is 4.39 Å². The molecule has 0 bridgehead atoms. The minimum Gasteiger partial charge on any atom is -0.488 e. The molecular weight excluding hydrogens is 259 g/mol. The molecule has 0 saturated heterocycles. The number of hydrogen-bond donors (Lipinski definition) is 0. The van der Waals surface area contributed by atoms with E-state index in [-0.39, 0.29) is 11.6 Å². The largest absolute Gasteiger partial charge is 0.488 e. The maximum atomic E-state index is 13.4. The third-order valence-corrected chi connectivity index (χ3v) is 3.23. The maximum absolute atomic E-state index is 13.4. The normalized spacial score (nSPS) is 12.6. The van der Waals surface area contributed by atoms with Crippen LogP contribution in [0.4, 0.5) is 4.39 Å². The molecule has 0 unspecified atom stereocenters. The van der Waals surface area contributed by atoms with Crippen LogP contribution < -0.4 is 4.74 Å². The number of benzene rings is 1. The fraction of sp³-hybridized carbons (Fsp3) is 0.167. The first-order chi connectivity index (χ1) is 8.61. The number of carbonyl (C=O) groups is 1. The summed E-state index contributed by atoms with van der Waals surface area (Å²) < 4.78 is 20.4. The zero-order chi connectivity index (χ0) is 12.9. The van der Waals surface area contributed by atoms with Gasteiger partial charge in [-0.3, -0.25) is 9.48 Å². The molecule has 92 valence electrons. The molecule has 3 rings (SSSR count). The summed E-state index contributed by atoms with van der Waals surface area (Å²) in [5.74, 6) is -0.124. The van der Waals surface area contributed by atoms with Crippen molar-refractivity contribution >= 4 is 17.9 Å². The van der Waals surface area contributed by atoms with Gasteiger partial charge in [0.25, 0.3) is 0 Å². The standard InChI is InChI=1S/C12H8ClFN2O2/c1-16-12-6-2-8(13)9(14)3-11(6)18-5-7(12)10(4-17)15-16/h2-4H,5H2,1H3. The second-order valence-corrected chi connectivity index (χ2v) is 4.41. The van der Waals surface area contributed by atoms with Crippen molar-refractivity contribution < 1.29 is 13.9 Å². The molecule has 0 amide bonds. The van der Waals surface area contributed by atoms with E-state index in [0.29, 0.717) is 28.9 Å². The fourth-order valence-electron chi connectivity index (χ4n) is 2.15. The van der Waals surface area contributed by atoms with Crippen LogP contribution in [0.15, 0.2) is 12.1 Å². The Morgan fingerprint density at radius 1 is 1.56 bits per heavy atom. The van der Waals surface area contributed by atoms with Gasteiger partial charge in [-0.1, -0.05) is 11.6 Å². The monoisotopic (exact) mass is 266 g/mol. The zero-order valence-corrected chi connectivity index (χ0v) is 10.2. The number of aromatic nitrogens is 2. The van der Waals surface area contributed by atoms with E-state index in [4.69, 9.17) is 16.3 Å². The van der Waals surface area contributed by atoms with Crippen molar-refractivity contribution in [2.75, 3.05) is 0 Å². The average Bonchev–Trinajstić information content (AvgIpc) is 2.68. The first-order valence-electron chi connectivity index (χ1n) is 5.25. The highest BCUT2D eigenvalue weighted by molar-refractivity contribution is 6.31. The summed E-state index contributed by atoms with van der Waals surface area (Å²) in [5.41, 5.74) is 2.41. The summed E-state index contributed by atoms with van der Waals surface area (Å²) in [6.07, 6.45) is 0.679. The maximum Gasteiger partial charge on any atom is 0.170 e. The van der Waals surface area contributed by atoms with Crippen LogP contribution in [0.25, 0.3) is 11.3 Å². The van der Waals surface area contributed by atoms with Crippen LogP contribution in [0.5, 0.6) is 5.75 Å². The van der Waals surface area contributed by atoms with Crippen LogP contribution in [0.1, 0.15) is 16.1 Å². The Morgan fingerprint density at radius 3 is 3.06 bits per heavy atom. The van der Waals surface area contributed by atoms with Gasteiger partial charge in [-0.05, 0) is 6.07 Å². The van der Waals surface area contributed by atoms with Gasteiger partial charge in [0, 0.05) is 24.2 Å². The number of fused-ring (bicyclic) bond motifs is 3. The fourth-order valence-corrected chi connectivity index (χ4v) is 2.31. The van der Waals surface area contributed by atoms with E-state index in [0.717, 1.165) is 5.69 Å². The van der Waals surface area contributed by atoms with Gasteiger partial charge < -0.3 is 4.74 Å². The minimum absolute atomic E-state index is 0.0130. The molecule has 0 N–H and O–H groups in total. The van der Waals surface area contributed by atoms with E-state index in [1.54, 1.807) is 11.7 Å². The molecule has 1 aliphatic rings. The average molecular weight is 267 g/mol. The highest BCUT2D eigenvalue weighted by atomic mass is 35.5. The number of rotatable bonds is 1. The summed E-state index contributed by atoms with van der Waals surface area (Å²) in [7, 11) is 1.72. The second kappa shape index (κ2) is 3.81. The quantitative estimate of drug-likeness (QED) is 0.745. The van der Waals surface area contributed by atoms with Crippen LogP contribution in [-0.2, 0) is 13.7 Å². The van der Waals surface area contributed by atoms with Crippen molar-refractivity contribution in [1.29, 1.82) is 0 Å². The van der Waals surface area contributed by atoms with Crippen molar-refractivity contribution in [1.82, 2.24) is 9.78 Å². The molecule has 0 fully saturated rings. The Morgan fingerprint density at radius 2 is 2.33 bits per heavy atom. The van der Waals surface area contributed by atoms with Crippen LogP contribution in [0.3, 0.4) is 0 Å². The predicted octanol–water partition coefficient (Wildman–Crippen LogP) is 2.58. The van der Waals surface area contributed by atoms with Crippen LogP contribution in [-0.4, -0.2) is 16.1 Å². The van der Waals surface area contributed by atoms with Crippen LogP contribution in [0, 0.1) is 5.82 Å². The van der Waals surface area contributed by atoms with Crippen molar-refractivity contribution in [3.05, 3.63) is 34.2 Å². The lowest BCUT2D eigenvalue weighted by atomic mass is 10.0. The first-order valence-corrected chi connectivity index (χ1v) is 5.63. The van der Waals surface area contributed by atoms with Crippen LogP contribution >= 0.6 is 11.6 Å². The molecule has 2 heterocycles. The summed E-state index contributed by atoms with van der Waals surface area (Å²) in [6, 6.07) is 2.73. The Kier molecular flexibility index (Phi) is 2.38. The van der Waals surface area contributed by atoms with Gasteiger partial charge in [0.15, 0.2) is 6.29 Å². The van der Waals surface area contributed by atoms with Crippen molar-refractivity contribution in [2.45, 2.75) is 6.61 Å². The highest BCUT2D eigenvalue weighted by Gasteiger charge is 2.26. The minimum atomic E-state index is -0.531. The summed E-state index contributed by atoms with van der Waals surface area (Å²) in [5, 5.41) is 4.11. The number of halogens is 2. The van der Waals surface area contributed by atoms with Crippen molar-refractivity contribution in [3.8, 4) is 17.0 Å². The topological polar surface area (TPSA) is 44.1 Å². The summed E-state index contributed by atoms with van der Waals surface area (Å²) >= 11 is 5.78. The third-order valence-electron chi connectivity index (χ3n) is 2.94. The van der Waals surface area contributed by atoms with Gasteiger partial charge in [0.05, 0.1) is 10.7 Å². The van der Waals surface area contributed by atoms with E-state index in [1.165, 1.54) is 12.1 Å². The Labute approximate surface area is 107 Å². The summed E-state index contributed by atoms with van der Waals surface area (Å²) in [6.45, 7) is 0.200. The lowest BCUT2D eigenvalue weighted by molar-refractivity contribution is 0.111. The van der Waals surface area contributed by atoms with E-state index >= 15 is 0 Å². The molecule has 4 nitrogen and oxygen atoms in total. The van der Waals surface area contributed by atoms with E-state index in [2.05, 4.69) is 5.10 Å². The molecule has 1 aliphatic heterocycles. The summed E-state index contributed by atoms with van der Waals surface area (Å²) in [4.78, 5) is 10.9. The molecule has 1 aromatic carbocycles. The van der Waals surface area contributed by atoms with Crippen molar-refractivity contribution in [2.24, 2.45) is 7.05 Å². The molecule has 0 radical (unpaired) electrons. The molecule has 1 aromatic heterocycles. The smallest absolute Gasteiger partial charge is 0.170 e. The number of aryl methyl sites for hydroxylation is 1. The molecule has 0 spiro atoms. The number of nitrogens with zero attached hydrogens (tertiary/aromatic N) is 2. The Balaban J connectivity index is 2.31. The lowest BCUT2D eigenvalue weighted by Gasteiger charge is -2.19. The third kappa shape index (κ3) is 1.44. The Hall–Kier alpha value is -1.88. The number of hydrogen-bond acceptors (Lipinski definition) is 3. The van der Waals surface area contributed by atoms with Gasteiger partial charge in [-0.2, -0.15) is 5.10 Å². The van der Waals surface area contributed by atoms with Gasteiger partial charge in [0.2, 0.25) is 0 Å². The molecule has 0 aliphatic carbocycles. The van der Waals surface area contributed by atoms with Gasteiger partial charge in [0.1, 0.15) is 23.9 Å². The SMILES string of the molecule is Cn1nc(C=O)c2c1-c1cc(Cl)c(F)cc1OC2. The zero-order valence-electron chi connectivity index (χ0n) is 9.41. The second-order valence-electron chi connectivity index (χ2n) is 4.01. The van der Waals surface area contributed by atoms with Crippen molar-refractivity contribution in [3.63, 3.8) is 0 Å². The molecule has 2 aromatic rings. The van der Waals surface area contributed by atoms with E-state index in [9.17, 15) is 9.18 Å². The molecule has 6 heteroatoms. The van der Waals surface area contributed by atoms with E-state index < -0.39 is 5.82 Å². The number of aldehydes is 1. The van der Waals surface area contributed by atoms with Gasteiger partial charge >= 0.3 is 0 Å². The molecule has 18 heavy (non-hydrogen) atoms. The van der Waals surface area contributed by atoms with Crippen LogP contribution in [0.2, 0.25) is 5.02 Å². The molecular formula is C12H8ClFN2O2. The molecule has 0 saturated carbocycles.